The molecule has 0 bridgehead atoms. The summed E-state index contributed by atoms with van der Waals surface area (Å²) >= 11 is 0. The minimum atomic E-state index is -4.59. The molecule has 2 heterocycles. The minimum absolute atomic E-state index is 0.0154. The molecule has 0 radical (unpaired) electrons. The van der Waals surface area contributed by atoms with Gasteiger partial charge in [-0.1, -0.05) is 6.92 Å². The summed E-state index contributed by atoms with van der Waals surface area (Å²) in [6.07, 6.45) is -1.63. The van der Waals surface area contributed by atoms with Crippen LogP contribution in [-0.4, -0.2) is 58.3 Å². The number of alkyl halides is 3. The van der Waals surface area contributed by atoms with E-state index in [1.165, 1.54) is 12.1 Å². The number of aliphatic hydroxyl groups excluding tert-OH is 1. The van der Waals surface area contributed by atoms with Crippen LogP contribution in [0, 0.1) is 0 Å². The van der Waals surface area contributed by atoms with Crippen molar-refractivity contribution in [3.63, 3.8) is 0 Å². The molecule has 1 aromatic carbocycles. The van der Waals surface area contributed by atoms with Gasteiger partial charge in [-0.2, -0.15) is 13.2 Å². The van der Waals surface area contributed by atoms with Gasteiger partial charge in [-0.15, -0.1) is 0 Å². The fourth-order valence-electron chi connectivity index (χ4n) is 5.28. The van der Waals surface area contributed by atoms with Crippen molar-refractivity contribution in [1.82, 2.24) is 15.3 Å². The molecule has 208 valence electrons. The van der Waals surface area contributed by atoms with Crippen molar-refractivity contribution in [3.05, 3.63) is 35.2 Å². The molecule has 1 aromatic heterocycles. The Kier molecular flexibility index (Phi) is 8.31. The molecule has 2 fully saturated rings. The van der Waals surface area contributed by atoms with E-state index in [9.17, 15) is 23.1 Å². The van der Waals surface area contributed by atoms with Crippen LogP contribution in [0.5, 0.6) is 0 Å². The van der Waals surface area contributed by atoms with Gasteiger partial charge in [-0.3, -0.25) is 4.79 Å². The second-order valence-corrected chi connectivity index (χ2v) is 10.3. The van der Waals surface area contributed by atoms with Gasteiger partial charge >= 0.3 is 6.18 Å². The highest BCUT2D eigenvalue weighted by Gasteiger charge is 2.36. The van der Waals surface area contributed by atoms with Crippen LogP contribution in [0.1, 0.15) is 68.2 Å². The number of hydrogen-bond donors (Lipinski definition) is 5. The summed E-state index contributed by atoms with van der Waals surface area (Å²) < 4.78 is 42.5. The van der Waals surface area contributed by atoms with E-state index in [2.05, 4.69) is 25.9 Å². The van der Waals surface area contributed by atoms with Crippen molar-refractivity contribution < 1.29 is 23.1 Å². The van der Waals surface area contributed by atoms with E-state index in [-0.39, 0.29) is 47.1 Å². The summed E-state index contributed by atoms with van der Waals surface area (Å²) in [5, 5.41) is 19.3. The van der Waals surface area contributed by atoms with E-state index in [1.807, 2.05) is 20.8 Å². The molecule has 38 heavy (non-hydrogen) atoms. The number of primary amides is 1. The Morgan fingerprint density at radius 1 is 1.13 bits per heavy atom. The van der Waals surface area contributed by atoms with Crippen LogP contribution in [0.3, 0.4) is 0 Å². The number of nitrogens with one attached hydrogen (secondary N) is 3. The van der Waals surface area contributed by atoms with Gasteiger partial charge in [0.05, 0.1) is 17.4 Å². The third-order valence-electron chi connectivity index (χ3n) is 7.04. The number of nitrogens with two attached hydrogens (primary N) is 1. The summed E-state index contributed by atoms with van der Waals surface area (Å²) in [6.45, 7) is 6.64. The van der Waals surface area contributed by atoms with Gasteiger partial charge in [0.2, 0.25) is 0 Å². The predicted octanol–water partition coefficient (Wildman–Crippen LogP) is 3.80. The van der Waals surface area contributed by atoms with Crippen LogP contribution >= 0.6 is 0 Å². The summed E-state index contributed by atoms with van der Waals surface area (Å²) in [5.41, 5.74) is 5.40. The second kappa shape index (κ2) is 11.3. The number of anilines is 4. The lowest BCUT2D eigenvalue weighted by atomic mass is 9.93. The average Bonchev–Trinajstić information content (AvgIpc) is 2.84. The predicted molar refractivity (Wildman–Crippen MR) is 141 cm³/mol. The van der Waals surface area contributed by atoms with Crippen LogP contribution in [-0.2, 0) is 12.6 Å². The topological polar surface area (TPSA) is 128 Å². The average molecular weight is 536 g/mol. The number of carbonyl (C=O) groups excluding carboxylic acids is 1. The van der Waals surface area contributed by atoms with Crippen LogP contribution in [0.4, 0.5) is 36.2 Å². The number of aliphatic hydroxyl groups is 1. The lowest BCUT2D eigenvalue weighted by Gasteiger charge is -2.38. The maximum atomic E-state index is 14.2. The monoisotopic (exact) mass is 535 g/mol. The van der Waals surface area contributed by atoms with Gasteiger partial charge in [-0.05, 0) is 64.2 Å². The van der Waals surface area contributed by atoms with Gasteiger partial charge in [-0.25, -0.2) is 9.97 Å². The Bertz CT molecular complexity index is 1140. The van der Waals surface area contributed by atoms with Gasteiger partial charge in [0.1, 0.15) is 5.82 Å². The van der Waals surface area contributed by atoms with E-state index in [1.54, 1.807) is 4.90 Å². The van der Waals surface area contributed by atoms with Gasteiger partial charge in [0.25, 0.3) is 5.91 Å². The Morgan fingerprint density at radius 3 is 2.37 bits per heavy atom. The molecule has 12 heteroatoms. The molecule has 1 amide bonds. The molecule has 1 aliphatic carbocycles. The van der Waals surface area contributed by atoms with E-state index in [0.717, 1.165) is 18.9 Å². The van der Waals surface area contributed by atoms with Crippen LogP contribution in [0.2, 0.25) is 0 Å². The van der Waals surface area contributed by atoms with E-state index in [4.69, 9.17) is 5.73 Å². The molecule has 6 N–H and O–H groups in total. The first-order chi connectivity index (χ1) is 17.9. The highest BCUT2D eigenvalue weighted by Crippen LogP contribution is 2.39. The highest BCUT2D eigenvalue weighted by molar-refractivity contribution is 5.96. The van der Waals surface area contributed by atoms with Crippen molar-refractivity contribution in [2.45, 2.75) is 83.3 Å². The first-order valence-electron chi connectivity index (χ1n) is 13.1. The summed E-state index contributed by atoms with van der Waals surface area (Å²) in [7, 11) is 0. The molecule has 4 rings (SSSR count). The van der Waals surface area contributed by atoms with Gasteiger partial charge in [0, 0.05) is 42.6 Å². The largest absolute Gasteiger partial charge is 0.418 e. The number of rotatable bonds is 7. The first-order valence-corrected chi connectivity index (χ1v) is 13.1. The number of benzene rings is 1. The zero-order valence-corrected chi connectivity index (χ0v) is 21.9. The molecule has 2 aliphatic rings. The second-order valence-electron chi connectivity index (χ2n) is 10.3. The number of hydrogen-bond acceptors (Lipinski definition) is 8. The van der Waals surface area contributed by atoms with Gasteiger partial charge < -0.3 is 31.7 Å². The van der Waals surface area contributed by atoms with Crippen LogP contribution < -0.4 is 26.6 Å². The van der Waals surface area contributed by atoms with Crippen molar-refractivity contribution in [2.24, 2.45) is 5.73 Å². The highest BCUT2D eigenvalue weighted by atomic mass is 19.4. The fraction of sp³-hybridized carbons (Fsp3) is 0.577. The Morgan fingerprint density at radius 2 is 1.79 bits per heavy atom. The van der Waals surface area contributed by atoms with E-state index >= 15 is 0 Å². The molecular formula is C26H36F3N7O2. The zero-order valence-electron chi connectivity index (χ0n) is 21.9. The molecular weight excluding hydrogens is 499 g/mol. The van der Waals surface area contributed by atoms with E-state index < -0.39 is 17.6 Å². The van der Waals surface area contributed by atoms with Crippen LogP contribution in [0.15, 0.2) is 18.2 Å². The summed E-state index contributed by atoms with van der Waals surface area (Å²) in [6, 6.07) is 4.16. The van der Waals surface area contributed by atoms with Gasteiger partial charge in [0.15, 0.2) is 11.5 Å². The SMILES string of the molecule is CCc1nc(C(N)=O)c(Nc2ccc(N3C[C@@H](C)N[C@@H](C)C3)c(C(F)(F)F)c2)nc1NC1CCC(O)CC1. The molecule has 2 atom stereocenters. The maximum Gasteiger partial charge on any atom is 0.418 e. The lowest BCUT2D eigenvalue weighted by molar-refractivity contribution is -0.137. The molecule has 2 aromatic rings. The molecule has 9 nitrogen and oxygen atoms in total. The molecule has 0 spiro atoms. The molecule has 1 saturated carbocycles. The third-order valence-corrected chi connectivity index (χ3v) is 7.04. The third kappa shape index (κ3) is 6.47. The Hall–Kier alpha value is -3.12. The molecule has 1 saturated heterocycles. The Labute approximate surface area is 220 Å². The minimum Gasteiger partial charge on any atom is -0.393 e. The van der Waals surface area contributed by atoms with E-state index in [0.29, 0.717) is 43.9 Å². The molecule has 0 unspecified atom stereocenters. The first kappa shape index (κ1) is 27.9. The number of halogens is 3. The number of piperazine rings is 1. The summed E-state index contributed by atoms with van der Waals surface area (Å²) in [5.74, 6) is -0.408. The number of nitrogens with zero attached hydrogens (tertiary/aromatic N) is 3. The quantitative estimate of drug-likeness (QED) is 0.362. The number of carbonyl (C=O) groups is 1. The van der Waals surface area contributed by atoms with Crippen molar-refractivity contribution in [2.75, 3.05) is 28.6 Å². The number of aromatic nitrogens is 2. The summed E-state index contributed by atoms with van der Waals surface area (Å²) in [4.78, 5) is 22.9. The maximum absolute atomic E-state index is 14.2. The van der Waals surface area contributed by atoms with Crippen molar-refractivity contribution in [1.29, 1.82) is 0 Å². The fourth-order valence-corrected chi connectivity index (χ4v) is 5.28. The number of aryl methyl sites for hydroxylation is 1. The van der Waals surface area contributed by atoms with Crippen LogP contribution in [0.25, 0.3) is 0 Å². The normalized spacial score (nSPS) is 24.2. The standard InChI is InChI=1S/C26H36F3N7O2/c1-4-20-24(32-16-5-8-18(37)9-6-16)35-25(22(34-20)23(30)38)33-17-7-10-21(19(11-17)26(27,28)29)36-12-14(2)31-15(3)13-36/h7,10-11,14-16,18,31,37H,4-6,8-9,12-13H2,1-3H3,(H2,30,38)(H2,32,33,35)/t14-,15+,16?,18?. The van der Waals surface area contributed by atoms with Crippen molar-refractivity contribution in [3.8, 4) is 0 Å². The lowest BCUT2D eigenvalue weighted by Crippen LogP contribution is -2.54. The van der Waals surface area contributed by atoms with Crippen molar-refractivity contribution >= 4 is 28.9 Å². The smallest absolute Gasteiger partial charge is 0.393 e. The Balaban J connectivity index is 1.67. The zero-order chi connectivity index (χ0) is 27.6. The molecule has 1 aliphatic heterocycles. The number of amides is 1.